The van der Waals surface area contributed by atoms with Crippen LogP contribution in [0.25, 0.3) is 0 Å². The number of carbonyl (C=O) groups is 1. The van der Waals surface area contributed by atoms with Crippen molar-refractivity contribution in [2.75, 3.05) is 18.1 Å². The van der Waals surface area contributed by atoms with E-state index in [-0.39, 0.29) is 17.1 Å². The summed E-state index contributed by atoms with van der Waals surface area (Å²) in [5.41, 5.74) is 0.584. The summed E-state index contributed by atoms with van der Waals surface area (Å²) in [6.07, 6.45) is 2.30. The summed E-state index contributed by atoms with van der Waals surface area (Å²) >= 11 is 3.04. The minimum Gasteiger partial charge on any atom is -0.325 e. The summed E-state index contributed by atoms with van der Waals surface area (Å²) in [4.78, 5) is 14.5. The third-order valence-electron chi connectivity index (χ3n) is 4.45. The smallest absolute Gasteiger partial charge is 0.234 e. The fourth-order valence-corrected chi connectivity index (χ4v) is 5.31. The maximum atomic E-state index is 14.1. The van der Waals surface area contributed by atoms with Gasteiger partial charge in [-0.25, -0.2) is 4.39 Å². The predicted octanol–water partition coefficient (Wildman–Crippen LogP) is 3.43. The van der Waals surface area contributed by atoms with Gasteiger partial charge in [-0.1, -0.05) is 30.0 Å². The van der Waals surface area contributed by atoms with Gasteiger partial charge in [0, 0.05) is 23.9 Å². The van der Waals surface area contributed by atoms with Crippen LogP contribution in [-0.4, -0.2) is 43.6 Å². The van der Waals surface area contributed by atoms with Crippen molar-refractivity contribution in [3.63, 3.8) is 0 Å². The van der Waals surface area contributed by atoms with E-state index in [4.69, 9.17) is 0 Å². The predicted molar refractivity (Wildman–Crippen MR) is 97.1 cm³/mol. The number of benzene rings is 1. The van der Waals surface area contributed by atoms with Crippen molar-refractivity contribution in [1.29, 1.82) is 0 Å². The zero-order chi connectivity index (χ0) is 17.4. The SMILES string of the molecule is Cc1nnc(SCC(=O)N2CCS[C@@H]2c2ccccc2F)n1C1CC1. The van der Waals surface area contributed by atoms with Crippen molar-refractivity contribution in [2.45, 2.75) is 36.3 Å². The van der Waals surface area contributed by atoms with E-state index in [0.717, 1.165) is 29.6 Å². The molecule has 1 aromatic heterocycles. The first-order chi connectivity index (χ1) is 12.1. The lowest BCUT2D eigenvalue weighted by atomic mass is 10.2. The molecule has 1 saturated heterocycles. The maximum absolute atomic E-state index is 14.1. The molecule has 1 amide bonds. The van der Waals surface area contributed by atoms with Gasteiger partial charge in [-0.15, -0.1) is 22.0 Å². The summed E-state index contributed by atoms with van der Waals surface area (Å²) in [6, 6.07) is 7.19. The van der Waals surface area contributed by atoms with E-state index in [1.54, 1.807) is 28.8 Å². The van der Waals surface area contributed by atoms with E-state index in [0.29, 0.717) is 23.9 Å². The molecular weight excluding hydrogens is 359 g/mol. The van der Waals surface area contributed by atoms with Gasteiger partial charge in [-0.2, -0.15) is 0 Å². The third-order valence-corrected chi connectivity index (χ3v) is 6.62. The molecule has 0 unspecified atom stereocenters. The van der Waals surface area contributed by atoms with Crippen LogP contribution in [0.4, 0.5) is 4.39 Å². The lowest BCUT2D eigenvalue weighted by Gasteiger charge is -2.24. The molecule has 5 nitrogen and oxygen atoms in total. The zero-order valence-corrected chi connectivity index (χ0v) is 15.5. The highest BCUT2D eigenvalue weighted by molar-refractivity contribution is 8.00. The van der Waals surface area contributed by atoms with Crippen LogP contribution in [0.3, 0.4) is 0 Å². The Labute approximate surface area is 154 Å². The zero-order valence-electron chi connectivity index (χ0n) is 13.9. The second-order valence-corrected chi connectivity index (χ2v) is 8.38. The fourth-order valence-electron chi connectivity index (χ4n) is 3.07. The molecule has 2 fully saturated rings. The number of thioether (sulfide) groups is 2. The van der Waals surface area contributed by atoms with E-state index in [1.807, 2.05) is 13.0 Å². The first-order valence-electron chi connectivity index (χ1n) is 8.35. The molecule has 4 rings (SSSR count). The lowest BCUT2D eigenvalue weighted by Crippen LogP contribution is -2.32. The van der Waals surface area contributed by atoms with Crippen molar-refractivity contribution in [2.24, 2.45) is 0 Å². The highest BCUT2D eigenvalue weighted by atomic mass is 32.2. The normalized spacial score (nSPS) is 20.2. The Morgan fingerprint density at radius 2 is 2.16 bits per heavy atom. The van der Waals surface area contributed by atoms with Gasteiger partial charge in [0.25, 0.3) is 0 Å². The van der Waals surface area contributed by atoms with Crippen LogP contribution in [-0.2, 0) is 4.79 Å². The van der Waals surface area contributed by atoms with E-state index in [9.17, 15) is 9.18 Å². The number of nitrogens with zero attached hydrogens (tertiary/aromatic N) is 4. The maximum Gasteiger partial charge on any atom is 0.234 e. The second-order valence-electron chi connectivity index (χ2n) is 6.25. The Hall–Kier alpha value is -1.54. The van der Waals surface area contributed by atoms with Crippen LogP contribution in [0.5, 0.6) is 0 Å². The molecule has 1 aliphatic heterocycles. The molecule has 0 N–H and O–H groups in total. The molecule has 0 bridgehead atoms. The van der Waals surface area contributed by atoms with Gasteiger partial charge < -0.3 is 9.47 Å². The standard InChI is InChI=1S/C17H19FN4OS2/c1-11-19-20-17(22(11)12-6-7-12)25-10-15(23)21-8-9-24-16(21)13-4-2-3-5-14(13)18/h2-5,12,16H,6-10H2,1H3/t16-/m1/s1. The van der Waals surface area contributed by atoms with Crippen molar-refractivity contribution >= 4 is 29.4 Å². The molecule has 8 heteroatoms. The third kappa shape index (κ3) is 3.42. The minimum absolute atomic E-state index is 0.0197. The number of amides is 1. The van der Waals surface area contributed by atoms with E-state index < -0.39 is 0 Å². The Bertz CT molecular complexity index is 793. The van der Waals surface area contributed by atoms with Crippen LogP contribution in [0, 0.1) is 12.7 Å². The van der Waals surface area contributed by atoms with Crippen molar-refractivity contribution in [3.8, 4) is 0 Å². The Balaban J connectivity index is 1.45. The van der Waals surface area contributed by atoms with E-state index in [2.05, 4.69) is 14.8 Å². The highest BCUT2D eigenvalue weighted by Gasteiger charge is 2.33. The van der Waals surface area contributed by atoms with E-state index in [1.165, 1.54) is 17.8 Å². The van der Waals surface area contributed by atoms with Gasteiger partial charge in [0.15, 0.2) is 5.16 Å². The molecule has 1 aromatic carbocycles. The monoisotopic (exact) mass is 378 g/mol. The van der Waals surface area contributed by atoms with Gasteiger partial charge >= 0.3 is 0 Å². The number of hydrogen-bond acceptors (Lipinski definition) is 5. The topological polar surface area (TPSA) is 51.0 Å². The molecule has 0 radical (unpaired) electrons. The molecular formula is C17H19FN4OS2. The highest BCUT2D eigenvalue weighted by Crippen LogP contribution is 2.40. The molecule has 1 aliphatic carbocycles. The number of hydrogen-bond donors (Lipinski definition) is 0. The van der Waals surface area contributed by atoms with Crippen LogP contribution < -0.4 is 0 Å². The second kappa shape index (κ2) is 6.99. The summed E-state index contributed by atoms with van der Waals surface area (Å²) < 4.78 is 16.2. The number of carbonyl (C=O) groups excluding carboxylic acids is 1. The van der Waals surface area contributed by atoms with Crippen LogP contribution in [0.2, 0.25) is 0 Å². The number of aryl methyl sites for hydroxylation is 1. The van der Waals surface area contributed by atoms with Crippen molar-refractivity contribution < 1.29 is 9.18 Å². The molecule has 25 heavy (non-hydrogen) atoms. The molecule has 0 spiro atoms. The average Bonchev–Trinajstić information content (AvgIpc) is 3.19. The molecule has 2 aliphatic rings. The Morgan fingerprint density at radius 3 is 2.92 bits per heavy atom. The van der Waals surface area contributed by atoms with Gasteiger partial charge in [0.2, 0.25) is 5.91 Å². The van der Waals surface area contributed by atoms with Crippen LogP contribution >= 0.6 is 23.5 Å². The van der Waals surface area contributed by atoms with Gasteiger partial charge in [0.05, 0.1) is 5.75 Å². The molecule has 2 heterocycles. The van der Waals surface area contributed by atoms with E-state index >= 15 is 0 Å². The number of aromatic nitrogens is 3. The Kier molecular flexibility index (Phi) is 4.73. The number of halogens is 1. The van der Waals surface area contributed by atoms with Gasteiger partial charge in [-0.3, -0.25) is 4.79 Å². The van der Waals surface area contributed by atoms with Crippen molar-refractivity contribution in [3.05, 3.63) is 41.5 Å². The van der Waals surface area contributed by atoms with Gasteiger partial charge in [-0.05, 0) is 25.8 Å². The Morgan fingerprint density at radius 1 is 1.36 bits per heavy atom. The summed E-state index contributed by atoms with van der Waals surface area (Å²) in [7, 11) is 0. The first kappa shape index (κ1) is 16.9. The number of rotatable bonds is 5. The summed E-state index contributed by atoms with van der Waals surface area (Å²) in [5, 5.41) is 8.92. The summed E-state index contributed by atoms with van der Waals surface area (Å²) in [5.74, 6) is 1.80. The molecule has 132 valence electrons. The molecule has 1 saturated carbocycles. The first-order valence-corrected chi connectivity index (χ1v) is 10.4. The fraction of sp³-hybridized carbons (Fsp3) is 0.471. The largest absolute Gasteiger partial charge is 0.325 e. The molecule has 2 aromatic rings. The van der Waals surface area contributed by atoms with Gasteiger partial charge in [0.1, 0.15) is 17.0 Å². The van der Waals surface area contributed by atoms with Crippen LogP contribution in [0.1, 0.15) is 35.6 Å². The molecule has 1 atom stereocenters. The minimum atomic E-state index is -0.253. The summed E-state index contributed by atoms with van der Waals surface area (Å²) in [6.45, 7) is 2.60. The quantitative estimate of drug-likeness (QED) is 0.746. The van der Waals surface area contributed by atoms with Crippen molar-refractivity contribution in [1.82, 2.24) is 19.7 Å². The average molecular weight is 378 g/mol. The van der Waals surface area contributed by atoms with Crippen LogP contribution in [0.15, 0.2) is 29.4 Å². The lowest BCUT2D eigenvalue weighted by molar-refractivity contribution is -0.128.